The molecule has 3 aliphatic rings. The lowest BCUT2D eigenvalue weighted by Gasteiger charge is -2.40. The first-order chi connectivity index (χ1) is 20.2. The highest BCUT2D eigenvalue weighted by atomic mass is 19.4. The number of aromatic nitrogens is 1. The van der Waals surface area contributed by atoms with Gasteiger partial charge in [0.15, 0.2) is 0 Å². The maximum atomic E-state index is 14.2. The number of carbonyl (C=O) groups is 1. The number of benzene rings is 1. The fourth-order valence-corrected chi connectivity index (χ4v) is 6.92. The van der Waals surface area contributed by atoms with Crippen molar-refractivity contribution in [2.24, 2.45) is 11.3 Å². The summed E-state index contributed by atoms with van der Waals surface area (Å²) in [4.78, 5) is 20.4. The molecule has 1 aromatic heterocycles. The van der Waals surface area contributed by atoms with Crippen LogP contribution >= 0.6 is 0 Å². The third-order valence-electron chi connectivity index (χ3n) is 9.44. The molecule has 2 atom stereocenters. The van der Waals surface area contributed by atoms with Crippen molar-refractivity contribution < 1.29 is 27.4 Å². The largest absolute Gasteiger partial charge is 0.494 e. The highest BCUT2D eigenvalue weighted by Crippen LogP contribution is 2.47. The van der Waals surface area contributed by atoms with E-state index < -0.39 is 17.2 Å². The van der Waals surface area contributed by atoms with Crippen LogP contribution in [-0.2, 0) is 35.1 Å². The molecule has 5 rings (SSSR count). The normalized spacial score (nSPS) is 23.3. The molecule has 1 amide bonds. The van der Waals surface area contributed by atoms with E-state index in [2.05, 4.69) is 24.1 Å². The number of nitrogens with one attached hydrogen (secondary N) is 1. The monoisotopic (exact) mass is 587 g/mol. The number of carbonyl (C=O) groups excluding carboxylic acids is 1. The molecule has 230 valence electrons. The number of ether oxygens (including phenoxy) is 2. The van der Waals surface area contributed by atoms with Gasteiger partial charge in [0.2, 0.25) is 5.91 Å². The van der Waals surface area contributed by atoms with Crippen LogP contribution in [-0.4, -0.2) is 54.2 Å². The fourth-order valence-electron chi connectivity index (χ4n) is 6.92. The molecular weight excluding hydrogens is 543 g/mol. The first-order valence-electron chi connectivity index (χ1n) is 15.6. The average Bonchev–Trinajstić information content (AvgIpc) is 3.41. The lowest BCUT2D eigenvalue weighted by atomic mass is 9.74. The van der Waals surface area contributed by atoms with Gasteiger partial charge in [-0.25, -0.2) is 0 Å². The topological polar surface area (TPSA) is 63.7 Å². The van der Waals surface area contributed by atoms with Gasteiger partial charge in [-0.15, -0.1) is 0 Å². The molecule has 6 nitrogen and oxygen atoms in total. The smallest absolute Gasteiger partial charge is 0.418 e. The summed E-state index contributed by atoms with van der Waals surface area (Å²) < 4.78 is 53.7. The van der Waals surface area contributed by atoms with Crippen molar-refractivity contribution in [1.82, 2.24) is 15.2 Å². The summed E-state index contributed by atoms with van der Waals surface area (Å²) in [6.07, 6.45) is 1.86. The number of hydrogen-bond donors (Lipinski definition) is 1. The van der Waals surface area contributed by atoms with E-state index in [0.717, 1.165) is 51.1 Å². The number of para-hydroxylation sites is 1. The molecule has 0 unspecified atom stereocenters. The Balaban J connectivity index is 1.24. The molecule has 2 aliphatic heterocycles. The summed E-state index contributed by atoms with van der Waals surface area (Å²) >= 11 is 0. The summed E-state index contributed by atoms with van der Waals surface area (Å²) in [6, 6.07) is 11.3. The quantitative estimate of drug-likeness (QED) is 0.328. The van der Waals surface area contributed by atoms with Gasteiger partial charge in [0.05, 0.1) is 23.3 Å². The molecule has 0 bridgehead atoms. The second-order valence-corrected chi connectivity index (χ2v) is 12.5. The predicted octanol–water partition coefficient (Wildman–Crippen LogP) is 6.35. The molecule has 3 heterocycles. The van der Waals surface area contributed by atoms with Gasteiger partial charge < -0.3 is 19.7 Å². The molecule has 1 aliphatic carbocycles. The van der Waals surface area contributed by atoms with Crippen LogP contribution in [0.4, 0.5) is 13.2 Å². The molecule has 1 aromatic carbocycles. The summed E-state index contributed by atoms with van der Waals surface area (Å²) in [5.74, 6) is 0.975. The number of pyridine rings is 1. The second kappa shape index (κ2) is 13.3. The van der Waals surface area contributed by atoms with Crippen LogP contribution in [0.5, 0.6) is 5.75 Å². The van der Waals surface area contributed by atoms with Gasteiger partial charge in [0, 0.05) is 50.5 Å². The highest BCUT2D eigenvalue weighted by molar-refractivity contribution is 5.83. The van der Waals surface area contributed by atoms with Crippen LogP contribution in [0.3, 0.4) is 0 Å². The number of aryl methyl sites for hydroxylation is 1. The van der Waals surface area contributed by atoms with Gasteiger partial charge in [-0.2, -0.15) is 13.2 Å². The lowest BCUT2D eigenvalue weighted by Crippen LogP contribution is -2.49. The van der Waals surface area contributed by atoms with Gasteiger partial charge in [-0.05, 0) is 81.0 Å². The number of unbranched alkanes of at least 4 members (excludes halogenated alkanes) is 1. The van der Waals surface area contributed by atoms with Gasteiger partial charge in [-0.1, -0.05) is 32.0 Å². The summed E-state index contributed by atoms with van der Waals surface area (Å²) in [6.45, 7) is 6.86. The molecule has 42 heavy (non-hydrogen) atoms. The predicted molar refractivity (Wildman–Crippen MR) is 155 cm³/mol. The maximum Gasteiger partial charge on any atom is 0.418 e. The Kier molecular flexibility index (Phi) is 9.77. The summed E-state index contributed by atoms with van der Waals surface area (Å²) in [5, 5.41) is 3.77. The number of amides is 1. The summed E-state index contributed by atoms with van der Waals surface area (Å²) in [5.41, 5.74) is 0.123. The highest BCUT2D eigenvalue weighted by Gasteiger charge is 2.50. The average molecular weight is 588 g/mol. The Labute approximate surface area is 247 Å². The van der Waals surface area contributed by atoms with Crippen molar-refractivity contribution >= 4 is 5.91 Å². The van der Waals surface area contributed by atoms with E-state index in [9.17, 15) is 18.0 Å². The van der Waals surface area contributed by atoms with Crippen molar-refractivity contribution in [3.63, 3.8) is 0 Å². The zero-order chi connectivity index (χ0) is 29.7. The molecule has 0 radical (unpaired) electrons. The first kappa shape index (κ1) is 30.8. The maximum absolute atomic E-state index is 14.2. The molecule has 2 fully saturated rings. The standard InChI is InChI=1S/C33H44F3N3O3/c1-23(2)32(15-11-26(21-32)37-25-13-18-41-19-14-25)31(40)39-16-12-29-24(22-39)20-28(33(34,35)36)30(38-29)10-6-7-17-42-27-8-4-3-5-9-27/h3-5,8-9,20,23,25-26,37H,6-7,10-19,21-22H2,1-2H3/t26-,32-/m0/s1. The third-order valence-corrected chi connectivity index (χ3v) is 9.44. The van der Waals surface area contributed by atoms with Crippen LogP contribution in [0.15, 0.2) is 36.4 Å². The van der Waals surface area contributed by atoms with E-state index in [1.165, 1.54) is 6.07 Å². The van der Waals surface area contributed by atoms with Crippen LogP contribution in [0.25, 0.3) is 0 Å². The molecular formula is C33H44F3N3O3. The fraction of sp³-hybridized carbons (Fsp3) is 0.636. The van der Waals surface area contributed by atoms with E-state index >= 15 is 0 Å². The van der Waals surface area contributed by atoms with Crippen LogP contribution < -0.4 is 10.1 Å². The molecule has 9 heteroatoms. The third kappa shape index (κ3) is 7.10. The van der Waals surface area contributed by atoms with Crippen LogP contribution in [0.1, 0.15) is 81.3 Å². The van der Waals surface area contributed by atoms with Gasteiger partial charge in [0.1, 0.15) is 5.75 Å². The molecule has 1 N–H and O–H groups in total. The Morgan fingerprint density at radius 3 is 2.62 bits per heavy atom. The van der Waals surface area contributed by atoms with E-state index in [1.807, 2.05) is 30.3 Å². The number of alkyl halides is 3. The number of nitrogens with zero attached hydrogens (tertiary/aromatic N) is 2. The molecule has 1 saturated heterocycles. The molecule has 1 saturated carbocycles. The Morgan fingerprint density at radius 2 is 1.90 bits per heavy atom. The molecule has 2 aromatic rings. The molecule has 0 spiro atoms. The van der Waals surface area contributed by atoms with E-state index in [0.29, 0.717) is 49.7 Å². The Bertz CT molecular complexity index is 1200. The number of halogens is 3. The van der Waals surface area contributed by atoms with E-state index in [-0.39, 0.29) is 36.5 Å². The SMILES string of the molecule is CC(C)[C@]1(C(=O)N2CCc3nc(CCCCOc4ccccc4)c(C(F)(F)F)cc3C2)CC[C@H](NC2CCOCC2)C1. The van der Waals surface area contributed by atoms with Crippen molar-refractivity contribution in [2.75, 3.05) is 26.4 Å². The Hall–Kier alpha value is -2.65. The minimum atomic E-state index is -4.50. The van der Waals surface area contributed by atoms with Crippen molar-refractivity contribution in [2.45, 2.75) is 96.4 Å². The van der Waals surface area contributed by atoms with Crippen molar-refractivity contribution in [3.05, 3.63) is 58.9 Å². The van der Waals surface area contributed by atoms with Crippen molar-refractivity contribution in [1.29, 1.82) is 0 Å². The van der Waals surface area contributed by atoms with Crippen molar-refractivity contribution in [3.8, 4) is 5.75 Å². The Morgan fingerprint density at radius 1 is 1.14 bits per heavy atom. The second-order valence-electron chi connectivity index (χ2n) is 12.5. The van der Waals surface area contributed by atoms with Crippen LogP contribution in [0.2, 0.25) is 0 Å². The van der Waals surface area contributed by atoms with E-state index in [1.54, 1.807) is 4.90 Å². The van der Waals surface area contributed by atoms with Gasteiger partial charge >= 0.3 is 6.18 Å². The first-order valence-corrected chi connectivity index (χ1v) is 15.6. The van der Waals surface area contributed by atoms with Crippen LogP contribution in [0, 0.1) is 11.3 Å². The minimum Gasteiger partial charge on any atom is -0.494 e. The number of rotatable bonds is 10. The summed E-state index contributed by atoms with van der Waals surface area (Å²) in [7, 11) is 0. The minimum absolute atomic E-state index is 0.0791. The van der Waals surface area contributed by atoms with Gasteiger partial charge in [-0.3, -0.25) is 9.78 Å². The zero-order valence-corrected chi connectivity index (χ0v) is 24.8. The van der Waals surface area contributed by atoms with E-state index in [4.69, 9.17) is 9.47 Å². The zero-order valence-electron chi connectivity index (χ0n) is 24.8. The number of fused-ring (bicyclic) bond motifs is 1. The lowest BCUT2D eigenvalue weighted by molar-refractivity contribution is -0.146. The van der Waals surface area contributed by atoms with Gasteiger partial charge in [0.25, 0.3) is 0 Å². The number of hydrogen-bond acceptors (Lipinski definition) is 5.